The fourth-order valence-corrected chi connectivity index (χ4v) is 2.24. The lowest BCUT2D eigenvalue weighted by atomic mass is 10.2. The standard InChI is InChI=1S/C17H14N4O3/c1-11-14(10-19-21(11)15-4-2-3-9-18-15)16(22)20-13-7-5-12(6-8-13)17(23)24/h2-10H,1H3,(H,20,22)(H,23,24). The molecule has 3 aromatic rings. The van der Waals surface area contributed by atoms with E-state index in [9.17, 15) is 9.59 Å². The van der Waals surface area contributed by atoms with Gasteiger partial charge in [0.1, 0.15) is 0 Å². The summed E-state index contributed by atoms with van der Waals surface area (Å²) in [6, 6.07) is 11.4. The van der Waals surface area contributed by atoms with Crippen LogP contribution in [0, 0.1) is 6.92 Å². The second kappa shape index (κ2) is 6.33. The number of carboxylic acids is 1. The number of hydrogen-bond donors (Lipinski definition) is 2. The van der Waals surface area contributed by atoms with E-state index in [1.165, 1.54) is 18.3 Å². The molecule has 24 heavy (non-hydrogen) atoms. The topological polar surface area (TPSA) is 97.1 Å². The Labute approximate surface area is 137 Å². The van der Waals surface area contributed by atoms with Crippen LogP contribution >= 0.6 is 0 Å². The van der Waals surface area contributed by atoms with Gasteiger partial charge in [-0.2, -0.15) is 5.10 Å². The summed E-state index contributed by atoms with van der Waals surface area (Å²) in [4.78, 5) is 27.4. The van der Waals surface area contributed by atoms with Crippen molar-refractivity contribution in [3.63, 3.8) is 0 Å². The Morgan fingerprint density at radius 3 is 2.50 bits per heavy atom. The smallest absolute Gasteiger partial charge is 0.335 e. The van der Waals surface area contributed by atoms with E-state index in [0.29, 0.717) is 22.8 Å². The largest absolute Gasteiger partial charge is 0.478 e. The minimum absolute atomic E-state index is 0.159. The van der Waals surface area contributed by atoms with Crippen LogP contribution in [0.4, 0.5) is 5.69 Å². The number of carboxylic acid groups (broad SMARTS) is 1. The minimum atomic E-state index is -1.01. The van der Waals surface area contributed by atoms with Crippen molar-refractivity contribution in [2.75, 3.05) is 5.32 Å². The molecule has 1 aromatic carbocycles. The number of aromatic nitrogens is 3. The zero-order valence-electron chi connectivity index (χ0n) is 12.8. The molecule has 120 valence electrons. The maximum absolute atomic E-state index is 12.4. The van der Waals surface area contributed by atoms with Crippen molar-refractivity contribution in [3.8, 4) is 5.82 Å². The first-order valence-electron chi connectivity index (χ1n) is 7.17. The summed E-state index contributed by atoms with van der Waals surface area (Å²) >= 11 is 0. The molecule has 2 aromatic heterocycles. The summed E-state index contributed by atoms with van der Waals surface area (Å²) in [6.45, 7) is 1.78. The first-order chi connectivity index (χ1) is 11.6. The molecule has 1 amide bonds. The number of rotatable bonds is 4. The Morgan fingerprint density at radius 1 is 1.12 bits per heavy atom. The van der Waals surface area contributed by atoms with Crippen molar-refractivity contribution >= 4 is 17.6 Å². The van der Waals surface area contributed by atoms with Gasteiger partial charge in [0.2, 0.25) is 0 Å². The van der Waals surface area contributed by atoms with Crippen molar-refractivity contribution in [2.45, 2.75) is 6.92 Å². The summed E-state index contributed by atoms with van der Waals surface area (Å²) in [7, 11) is 0. The molecule has 0 aliphatic carbocycles. The lowest BCUT2D eigenvalue weighted by Gasteiger charge is -2.06. The molecule has 2 heterocycles. The predicted octanol–water partition coefficient (Wildman–Crippen LogP) is 2.53. The van der Waals surface area contributed by atoms with Gasteiger partial charge in [0.05, 0.1) is 23.0 Å². The van der Waals surface area contributed by atoms with Crippen LogP contribution in [0.2, 0.25) is 0 Å². The molecule has 3 rings (SSSR count). The van der Waals surface area contributed by atoms with Gasteiger partial charge in [0.25, 0.3) is 5.91 Å². The highest BCUT2D eigenvalue weighted by molar-refractivity contribution is 6.05. The van der Waals surface area contributed by atoms with Crippen LogP contribution in [-0.4, -0.2) is 31.7 Å². The van der Waals surface area contributed by atoms with Gasteiger partial charge in [0.15, 0.2) is 5.82 Å². The number of aromatic carboxylic acids is 1. The predicted molar refractivity (Wildman–Crippen MR) is 87.5 cm³/mol. The molecule has 7 heteroatoms. The Kier molecular flexibility index (Phi) is 4.07. The Morgan fingerprint density at radius 2 is 1.88 bits per heavy atom. The number of carbonyl (C=O) groups is 2. The molecule has 0 spiro atoms. The summed E-state index contributed by atoms with van der Waals surface area (Å²) in [5.41, 5.74) is 1.75. The van der Waals surface area contributed by atoms with Crippen LogP contribution in [0.1, 0.15) is 26.4 Å². The zero-order chi connectivity index (χ0) is 17.1. The highest BCUT2D eigenvalue weighted by Crippen LogP contribution is 2.15. The number of benzene rings is 1. The van der Waals surface area contributed by atoms with Crippen molar-refractivity contribution in [1.29, 1.82) is 0 Å². The molecule has 0 atom stereocenters. The normalized spacial score (nSPS) is 10.4. The Balaban J connectivity index is 1.81. The van der Waals surface area contributed by atoms with Gasteiger partial charge in [-0.15, -0.1) is 0 Å². The van der Waals surface area contributed by atoms with E-state index in [1.807, 2.05) is 6.07 Å². The molecule has 0 aliphatic heterocycles. The van der Waals surface area contributed by atoms with Crippen LogP contribution in [-0.2, 0) is 0 Å². The van der Waals surface area contributed by atoms with Gasteiger partial charge >= 0.3 is 5.97 Å². The second-order valence-electron chi connectivity index (χ2n) is 5.08. The summed E-state index contributed by atoms with van der Waals surface area (Å²) in [5.74, 6) is -0.710. The Bertz CT molecular complexity index is 886. The summed E-state index contributed by atoms with van der Waals surface area (Å²) < 4.78 is 1.59. The molecule has 7 nitrogen and oxygen atoms in total. The van der Waals surface area contributed by atoms with Crippen LogP contribution in [0.3, 0.4) is 0 Å². The minimum Gasteiger partial charge on any atom is -0.478 e. The van der Waals surface area contributed by atoms with Crippen LogP contribution in [0.5, 0.6) is 0 Å². The van der Waals surface area contributed by atoms with Crippen LogP contribution < -0.4 is 5.32 Å². The average Bonchev–Trinajstić information content (AvgIpc) is 2.98. The van der Waals surface area contributed by atoms with E-state index < -0.39 is 5.97 Å². The van der Waals surface area contributed by atoms with E-state index in [2.05, 4.69) is 15.4 Å². The molecule has 2 N–H and O–H groups in total. The number of amides is 1. The van der Waals surface area contributed by atoms with Crippen LogP contribution in [0.25, 0.3) is 5.82 Å². The Hall–Kier alpha value is -3.48. The highest BCUT2D eigenvalue weighted by Gasteiger charge is 2.16. The average molecular weight is 322 g/mol. The SMILES string of the molecule is Cc1c(C(=O)Nc2ccc(C(=O)O)cc2)cnn1-c1ccccn1. The highest BCUT2D eigenvalue weighted by atomic mass is 16.4. The number of nitrogens with zero attached hydrogens (tertiary/aromatic N) is 3. The number of hydrogen-bond acceptors (Lipinski definition) is 4. The van der Waals surface area contributed by atoms with Gasteiger partial charge in [-0.25, -0.2) is 14.5 Å². The van der Waals surface area contributed by atoms with E-state index in [0.717, 1.165) is 0 Å². The molecule has 0 unspecified atom stereocenters. The van der Waals surface area contributed by atoms with Crippen molar-refractivity contribution in [1.82, 2.24) is 14.8 Å². The molecule has 0 radical (unpaired) electrons. The molecular weight excluding hydrogens is 308 g/mol. The van der Waals surface area contributed by atoms with Crippen molar-refractivity contribution in [3.05, 3.63) is 71.7 Å². The monoisotopic (exact) mass is 322 g/mol. The summed E-state index contributed by atoms with van der Waals surface area (Å²) in [5, 5.41) is 15.8. The lowest BCUT2D eigenvalue weighted by Crippen LogP contribution is -2.13. The molecule has 0 saturated carbocycles. The van der Waals surface area contributed by atoms with E-state index in [-0.39, 0.29) is 11.5 Å². The molecular formula is C17H14N4O3. The maximum Gasteiger partial charge on any atom is 0.335 e. The van der Waals surface area contributed by atoms with Gasteiger partial charge in [-0.1, -0.05) is 6.07 Å². The van der Waals surface area contributed by atoms with Gasteiger partial charge in [-0.3, -0.25) is 4.79 Å². The first kappa shape index (κ1) is 15.4. The van der Waals surface area contributed by atoms with E-state index in [1.54, 1.807) is 42.1 Å². The first-order valence-corrected chi connectivity index (χ1v) is 7.17. The summed E-state index contributed by atoms with van der Waals surface area (Å²) in [6.07, 6.45) is 3.13. The molecule has 0 aliphatic rings. The lowest BCUT2D eigenvalue weighted by molar-refractivity contribution is 0.0696. The number of carbonyl (C=O) groups excluding carboxylic acids is 1. The van der Waals surface area contributed by atoms with Gasteiger partial charge < -0.3 is 10.4 Å². The zero-order valence-corrected chi connectivity index (χ0v) is 12.8. The fraction of sp³-hybridized carbons (Fsp3) is 0.0588. The molecule has 0 bridgehead atoms. The number of pyridine rings is 1. The van der Waals surface area contributed by atoms with Crippen LogP contribution in [0.15, 0.2) is 54.9 Å². The van der Waals surface area contributed by atoms with Crippen molar-refractivity contribution in [2.24, 2.45) is 0 Å². The maximum atomic E-state index is 12.4. The van der Waals surface area contributed by atoms with Crippen molar-refractivity contribution < 1.29 is 14.7 Å². The third kappa shape index (κ3) is 3.00. The van der Waals surface area contributed by atoms with Gasteiger partial charge in [0, 0.05) is 11.9 Å². The van der Waals surface area contributed by atoms with Gasteiger partial charge in [-0.05, 0) is 43.3 Å². The quantitative estimate of drug-likeness (QED) is 0.769. The fourth-order valence-electron chi connectivity index (χ4n) is 2.24. The van der Waals surface area contributed by atoms with E-state index >= 15 is 0 Å². The number of anilines is 1. The van der Waals surface area contributed by atoms with E-state index in [4.69, 9.17) is 5.11 Å². The third-order valence-electron chi connectivity index (χ3n) is 3.51. The molecule has 0 saturated heterocycles. The number of nitrogens with one attached hydrogen (secondary N) is 1. The molecule has 0 fully saturated rings. The third-order valence-corrected chi connectivity index (χ3v) is 3.51. The second-order valence-corrected chi connectivity index (χ2v) is 5.08.